The predicted octanol–water partition coefficient (Wildman–Crippen LogP) is 3.87. The molecule has 0 fully saturated rings. The minimum Gasteiger partial charge on any atom is -0.507 e. The van der Waals surface area contributed by atoms with Gasteiger partial charge in [0.1, 0.15) is 11.5 Å². The second-order valence-corrected chi connectivity index (χ2v) is 4.70. The number of nitrogens with zero attached hydrogens (tertiary/aromatic N) is 1. The molecule has 0 bridgehead atoms. The van der Waals surface area contributed by atoms with Gasteiger partial charge in [0, 0.05) is 16.7 Å². The minimum absolute atomic E-state index is 0.186. The molecule has 0 saturated carbocycles. The van der Waals surface area contributed by atoms with Crippen molar-refractivity contribution in [2.75, 3.05) is 13.4 Å². The number of aromatic hydroxyl groups is 1. The van der Waals surface area contributed by atoms with Gasteiger partial charge in [0.15, 0.2) is 0 Å². The fourth-order valence-corrected chi connectivity index (χ4v) is 2.18. The highest BCUT2D eigenvalue weighted by Crippen LogP contribution is 2.28. The van der Waals surface area contributed by atoms with E-state index in [1.807, 2.05) is 30.5 Å². The summed E-state index contributed by atoms with van der Waals surface area (Å²) in [7, 11) is 1.59. The monoisotopic (exact) mass is 273 g/mol. The van der Waals surface area contributed by atoms with Crippen molar-refractivity contribution in [3.05, 3.63) is 48.0 Å². The average molecular weight is 273 g/mol. The smallest absolute Gasteiger partial charge is 0.124 e. The van der Waals surface area contributed by atoms with Gasteiger partial charge < -0.3 is 9.84 Å². The quantitative estimate of drug-likeness (QED) is 0.679. The summed E-state index contributed by atoms with van der Waals surface area (Å²) < 4.78 is 5.13. The molecule has 19 heavy (non-hydrogen) atoms. The van der Waals surface area contributed by atoms with Crippen LogP contribution in [0.15, 0.2) is 52.4 Å². The predicted molar refractivity (Wildman–Crippen MR) is 80.1 cm³/mol. The van der Waals surface area contributed by atoms with Gasteiger partial charge in [-0.25, -0.2) is 0 Å². The van der Waals surface area contributed by atoms with Crippen LogP contribution >= 0.6 is 11.8 Å². The molecule has 0 unspecified atom stereocenters. The van der Waals surface area contributed by atoms with E-state index in [9.17, 15) is 5.11 Å². The maximum Gasteiger partial charge on any atom is 0.124 e. The second-order valence-electron chi connectivity index (χ2n) is 3.85. The van der Waals surface area contributed by atoms with Crippen LogP contribution in [0.3, 0.4) is 0 Å². The summed E-state index contributed by atoms with van der Waals surface area (Å²) in [6.07, 6.45) is 3.66. The Morgan fingerprint density at radius 3 is 2.74 bits per heavy atom. The van der Waals surface area contributed by atoms with Gasteiger partial charge in [0.25, 0.3) is 0 Å². The van der Waals surface area contributed by atoms with Crippen LogP contribution in [0.2, 0.25) is 0 Å². The summed E-state index contributed by atoms with van der Waals surface area (Å²) in [6, 6.07) is 12.9. The lowest BCUT2D eigenvalue weighted by atomic mass is 10.2. The van der Waals surface area contributed by atoms with Crippen molar-refractivity contribution in [1.82, 2.24) is 0 Å². The van der Waals surface area contributed by atoms with Crippen molar-refractivity contribution in [3.63, 3.8) is 0 Å². The Morgan fingerprint density at radius 1 is 1.21 bits per heavy atom. The van der Waals surface area contributed by atoms with Crippen molar-refractivity contribution in [2.45, 2.75) is 4.90 Å². The molecule has 2 aromatic carbocycles. The molecule has 0 aliphatic carbocycles. The molecule has 0 aliphatic heterocycles. The highest BCUT2D eigenvalue weighted by molar-refractivity contribution is 7.98. The minimum atomic E-state index is 0.186. The third kappa shape index (κ3) is 3.29. The van der Waals surface area contributed by atoms with Crippen LogP contribution in [0, 0.1) is 0 Å². The van der Waals surface area contributed by atoms with Crippen molar-refractivity contribution in [1.29, 1.82) is 0 Å². The van der Waals surface area contributed by atoms with Crippen molar-refractivity contribution in [2.24, 2.45) is 4.99 Å². The van der Waals surface area contributed by atoms with Gasteiger partial charge in [-0.15, -0.1) is 11.8 Å². The van der Waals surface area contributed by atoms with Gasteiger partial charge in [0.2, 0.25) is 0 Å². The number of aliphatic imine (C=N–C) groups is 1. The summed E-state index contributed by atoms with van der Waals surface area (Å²) in [4.78, 5) is 5.52. The molecule has 0 aliphatic rings. The van der Waals surface area contributed by atoms with E-state index in [0.29, 0.717) is 11.3 Å². The fraction of sp³-hybridized carbons (Fsp3) is 0.133. The summed E-state index contributed by atoms with van der Waals surface area (Å²) in [5.74, 6) is 0.878. The molecule has 0 spiro atoms. The number of methoxy groups -OCH3 is 1. The lowest BCUT2D eigenvalue weighted by Gasteiger charge is -2.04. The normalized spacial score (nSPS) is 10.8. The second kappa shape index (κ2) is 6.29. The highest BCUT2D eigenvalue weighted by atomic mass is 32.2. The highest BCUT2D eigenvalue weighted by Gasteiger charge is 2.02. The van der Waals surface area contributed by atoms with Gasteiger partial charge in [-0.3, -0.25) is 4.99 Å². The third-order valence-corrected chi connectivity index (χ3v) is 3.45. The molecule has 4 heteroatoms. The molecule has 0 saturated heterocycles. The first kappa shape index (κ1) is 13.5. The first-order valence-corrected chi connectivity index (χ1v) is 7.01. The lowest BCUT2D eigenvalue weighted by Crippen LogP contribution is -1.87. The molecule has 0 radical (unpaired) electrons. The first-order chi connectivity index (χ1) is 9.24. The average Bonchev–Trinajstić information content (AvgIpc) is 2.46. The maximum absolute atomic E-state index is 9.78. The molecular weight excluding hydrogens is 258 g/mol. The topological polar surface area (TPSA) is 41.8 Å². The zero-order valence-corrected chi connectivity index (χ0v) is 11.6. The van der Waals surface area contributed by atoms with Gasteiger partial charge in [-0.2, -0.15) is 0 Å². The van der Waals surface area contributed by atoms with Crippen LogP contribution in [0.25, 0.3) is 0 Å². The number of rotatable bonds is 4. The van der Waals surface area contributed by atoms with Gasteiger partial charge >= 0.3 is 0 Å². The van der Waals surface area contributed by atoms with Crippen molar-refractivity contribution >= 4 is 23.7 Å². The third-order valence-electron chi connectivity index (χ3n) is 2.66. The maximum atomic E-state index is 9.78. The number of thioether (sulfide) groups is 1. The molecule has 3 nitrogen and oxygen atoms in total. The van der Waals surface area contributed by atoms with Gasteiger partial charge in [-0.05, 0) is 36.6 Å². The molecular formula is C15H15NO2S. The number of hydrogen-bond acceptors (Lipinski definition) is 4. The lowest BCUT2D eigenvalue weighted by molar-refractivity contribution is 0.412. The Balaban J connectivity index is 2.32. The Morgan fingerprint density at radius 2 is 2.00 bits per heavy atom. The number of phenols is 1. The molecule has 98 valence electrons. The zero-order chi connectivity index (χ0) is 13.7. The van der Waals surface area contributed by atoms with E-state index in [4.69, 9.17) is 4.74 Å². The van der Waals surface area contributed by atoms with E-state index in [1.165, 1.54) is 0 Å². The van der Waals surface area contributed by atoms with Crippen LogP contribution in [-0.2, 0) is 0 Å². The van der Waals surface area contributed by atoms with Gasteiger partial charge in [-0.1, -0.05) is 12.1 Å². The molecule has 0 amide bonds. The number of phenolic OH excluding ortho intramolecular Hbond substituents is 1. The van der Waals surface area contributed by atoms with Gasteiger partial charge in [0.05, 0.1) is 12.8 Å². The van der Waals surface area contributed by atoms with Crippen LogP contribution in [0.4, 0.5) is 5.69 Å². The number of benzene rings is 2. The van der Waals surface area contributed by atoms with Crippen LogP contribution in [-0.4, -0.2) is 24.7 Å². The van der Waals surface area contributed by atoms with E-state index in [1.54, 1.807) is 43.3 Å². The standard InChI is InChI=1S/C15H15NO2S/c1-18-12-7-8-14(17)11(9-12)10-16-13-5-3-4-6-15(13)19-2/h3-10,17H,1-2H3. The Hall–Kier alpha value is -1.94. The molecule has 2 rings (SSSR count). The Bertz CT molecular complexity index is 596. The Kier molecular flexibility index (Phi) is 4.47. The SMILES string of the molecule is COc1ccc(O)c(C=Nc2ccccc2SC)c1. The molecule has 1 N–H and O–H groups in total. The number of ether oxygens (including phenoxy) is 1. The van der Waals surface area contributed by atoms with E-state index in [-0.39, 0.29) is 5.75 Å². The molecule has 0 heterocycles. The summed E-state index contributed by atoms with van der Waals surface area (Å²) in [5, 5.41) is 9.78. The van der Waals surface area contributed by atoms with Crippen molar-refractivity contribution < 1.29 is 9.84 Å². The van der Waals surface area contributed by atoms with E-state index in [2.05, 4.69) is 4.99 Å². The fourth-order valence-electron chi connectivity index (χ4n) is 1.64. The largest absolute Gasteiger partial charge is 0.507 e. The molecule has 0 atom stereocenters. The number of para-hydroxylation sites is 1. The number of hydrogen-bond donors (Lipinski definition) is 1. The molecule has 2 aromatic rings. The summed E-state index contributed by atoms with van der Waals surface area (Å²) in [5.41, 5.74) is 1.52. The van der Waals surface area contributed by atoms with E-state index in [0.717, 1.165) is 10.6 Å². The summed E-state index contributed by atoms with van der Waals surface area (Å²) in [6.45, 7) is 0. The summed E-state index contributed by atoms with van der Waals surface area (Å²) >= 11 is 1.64. The Labute approximate surface area is 117 Å². The zero-order valence-electron chi connectivity index (χ0n) is 10.8. The van der Waals surface area contributed by atoms with E-state index < -0.39 is 0 Å². The van der Waals surface area contributed by atoms with Crippen molar-refractivity contribution in [3.8, 4) is 11.5 Å². The van der Waals surface area contributed by atoms with Crippen LogP contribution in [0.5, 0.6) is 11.5 Å². The first-order valence-electron chi connectivity index (χ1n) is 5.78. The van der Waals surface area contributed by atoms with Crippen LogP contribution < -0.4 is 4.74 Å². The van der Waals surface area contributed by atoms with Crippen LogP contribution in [0.1, 0.15) is 5.56 Å². The molecule has 0 aromatic heterocycles. The van der Waals surface area contributed by atoms with E-state index >= 15 is 0 Å².